The zero-order valence-corrected chi connectivity index (χ0v) is 20.4. The second kappa shape index (κ2) is 10.3. The van der Waals surface area contributed by atoms with Crippen LogP contribution in [0.3, 0.4) is 0 Å². The molecule has 0 saturated carbocycles. The molecule has 0 spiro atoms. The fourth-order valence-electron chi connectivity index (χ4n) is 5.10. The van der Waals surface area contributed by atoms with Crippen molar-refractivity contribution in [1.82, 2.24) is 24.6 Å². The first-order chi connectivity index (χ1) is 17.0. The number of piperidine rings is 2. The Morgan fingerprint density at radius 2 is 1.74 bits per heavy atom. The van der Waals surface area contributed by atoms with Gasteiger partial charge >= 0.3 is 0 Å². The number of hydrogen-bond acceptors (Lipinski definition) is 6. The van der Waals surface area contributed by atoms with Gasteiger partial charge in [-0.3, -0.25) is 4.68 Å². The molecule has 0 aliphatic carbocycles. The van der Waals surface area contributed by atoms with Crippen LogP contribution >= 0.6 is 0 Å². The number of halogens is 2. The van der Waals surface area contributed by atoms with Crippen molar-refractivity contribution in [3.63, 3.8) is 0 Å². The van der Waals surface area contributed by atoms with E-state index in [-0.39, 0.29) is 23.5 Å². The van der Waals surface area contributed by atoms with Gasteiger partial charge in [0.15, 0.2) is 5.82 Å². The zero-order valence-electron chi connectivity index (χ0n) is 20.4. The molecule has 2 fully saturated rings. The van der Waals surface area contributed by atoms with E-state index in [0.29, 0.717) is 23.0 Å². The van der Waals surface area contributed by atoms with E-state index in [0.717, 1.165) is 32.1 Å². The maximum absolute atomic E-state index is 15.1. The van der Waals surface area contributed by atoms with Gasteiger partial charge in [0, 0.05) is 42.6 Å². The third-order valence-corrected chi connectivity index (χ3v) is 7.06. The molecule has 186 valence electrons. The maximum Gasteiger partial charge on any atom is 0.227 e. The molecule has 35 heavy (non-hydrogen) atoms. The molecule has 0 unspecified atom stereocenters. The van der Waals surface area contributed by atoms with Crippen LogP contribution in [0.15, 0.2) is 36.8 Å². The molecule has 2 aromatic heterocycles. The molecule has 0 bridgehead atoms. The summed E-state index contributed by atoms with van der Waals surface area (Å²) < 4.78 is 31.2. The Morgan fingerprint density at radius 3 is 2.43 bits per heavy atom. The molecule has 5 rings (SSSR count). The first kappa shape index (κ1) is 23.7. The highest BCUT2D eigenvalue weighted by molar-refractivity contribution is 5.63. The topological polar surface area (TPSA) is 62.1 Å². The molecule has 3 aromatic rings. The summed E-state index contributed by atoms with van der Waals surface area (Å²) >= 11 is 0. The van der Waals surface area contributed by atoms with E-state index < -0.39 is 5.82 Å². The van der Waals surface area contributed by atoms with E-state index in [2.05, 4.69) is 30.2 Å². The van der Waals surface area contributed by atoms with Crippen LogP contribution in [0, 0.1) is 11.6 Å². The van der Waals surface area contributed by atoms with E-state index in [4.69, 9.17) is 0 Å². The highest BCUT2D eigenvalue weighted by atomic mass is 19.1. The van der Waals surface area contributed by atoms with Gasteiger partial charge in [-0.05, 0) is 70.8 Å². The van der Waals surface area contributed by atoms with Gasteiger partial charge in [-0.15, -0.1) is 0 Å². The number of hydrogen-bond donors (Lipinski definition) is 1. The summed E-state index contributed by atoms with van der Waals surface area (Å²) in [6.07, 6.45) is 10.5. The molecular formula is C26H33F2N7. The minimum absolute atomic E-state index is 0.156. The quantitative estimate of drug-likeness (QED) is 0.509. The van der Waals surface area contributed by atoms with Gasteiger partial charge in [0.25, 0.3) is 0 Å². The van der Waals surface area contributed by atoms with Crippen molar-refractivity contribution in [3.8, 4) is 11.3 Å². The van der Waals surface area contributed by atoms with Gasteiger partial charge in [-0.25, -0.2) is 18.7 Å². The van der Waals surface area contributed by atoms with E-state index in [1.54, 1.807) is 23.1 Å². The van der Waals surface area contributed by atoms with Crippen molar-refractivity contribution in [3.05, 3.63) is 48.4 Å². The Bertz CT molecular complexity index is 1150. The van der Waals surface area contributed by atoms with Gasteiger partial charge in [-0.2, -0.15) is 5.10 Å². The van der Waals surface area contributed by atoms with Gasteiger partial charge in [-0.1, -0.05) is 6.42 Å². The Balaban J connectivity index is 1.25. The average Bonchev–Trinajstić information content (AvgIpc) is 3.37. The second-order valence-corrected chi connectivity index (χ2v) is 9.80. The highest BCUT2D eigenvalue weighted by Crippen LogP contribution is 2.29. The van der Waals surface area contributed by atoms with Gasteiger partial charge in [0.05, 0.1) is 18.1 Å². The molecule has 1 aromatic carbocycles. The van der Waals surface area contributed by atoms with Crippen LogP contribution in [0.25, 0.3) is 11.3 Å². The molecule has 7 nitrogen and oxygen atoms in total. The Hall–Kier alpha value is -3.07. The lowest BCUT2D eigenvalue weighted by atomic mass is 9.99. The predicted octanol–water partition coefficient (Wildman–Crippen LogP) is 5.40. The third-order valence-electron chi connectivity index (χ3n) is 7.06. The summed E-state index contributed by atoms with van der Waals surface area (Å²) in [7, 11) is 0. The third kappa shape index (κ3) is 5.29. The molecule has 2 saturated heterocycles. The molecule has 0 amide bonds. The second-order valence-electron chi connectivity index (χ2n) is 9.80. The summed E-state index contributed by atoms with van der Waals surface area (Å²) in [4.78, 5) is 13.1. The molecule has 1 N–H and O–H groups in total. The monoisotopic (exact) mass is 481 g/mol. The van der Waals surface area contributed by atoms with Crippen molar-refractivity contribution in [1.29, 1.82) is 0 Å². The lowest BCUT2D eigenvalue weighted by Crippen LogP contribution is -2.46. The molecule has 0 radical (unpaired) electrons. The summed E-state index contributed by atoms with van der Waals surface area (Å²) in [5.41, 5.74) is 1.86. The van der Waals surface area contributed by atoms with Crippen LogP contribution in [0.5, 0.6) is 0 Å². The first-order valence-corrected chi connectivity index (χ1v) is 12.6. The van der Waals surface area contributed by atoms with E-state index in [1.165, 1.54) is 38.4 Å². The van der Waals surface area contributed by atoms with Gasteiger partial charge < -0.3 is 15.1 Å². The van der Waals surface area contributed by atoms with Crippen LogP contribution < -0.4 is 10.2 Å². The molecule has 2 aliphatic rings. The normalized spacial score (nSPS) is 17.8. The van der Waals surface area contributed by atoms with Crippen LogP contribution in [0.1, 0.15) is 52.0 Å². The smallest absolute Gasteiger partial charge is 0.227 e. The van der Waals surface area contributed by atoms with Crippen LogP contribution in [-0.2, 0) is 0 Å². The summed E-state index contributed by atoms with van der Waals surface area (Å²) in [5, 5.41) is 7.27. The number of likely N-dealkylation sites (tertiary alicyclic amines) is 1. The first-order valence-electron chi connectivity index (χ1n) is 12.6. The number of nitrogens with one attached hydrogen (secondary N) is 1. The van der Waals surface area contributed by atoms with Gasteiger partial charge in [0.1, 0.15) is 11.5 Å². The number of aromatic nitrogens is 4. The largest absolute Gasteiger partial charge is 0.369 e. The average molecular weight is 482 g/mol. The number of benzene rings is 1. The maximum atomic E-state index is 15.1. The minimum Gasteiger partial charge on any atom is -0.369 e. The van der Waals surface area contributed by atoms with Crippen molar-refractivity contribution in [2.45, 2.75) is 58.0 Å². The van der Waals surface area contributed by atoms with Crippen molar-refractivity contribution < 1.29 is 8.78 Å². The van der Waals surface area contributed by atoms with Gasteiger partial charge in [0.2, 0.25) is 5.95 Å². The number of nitrogens with zero attached hydrogens (tertiary/aromatic N) is 6. The SMILES string of the molecule is CC(C)n1cc(-c2nc(Nc3ccc(N4CCC(N5CCCCC5)CC4)c(F)c3)ncc2F)cn1. The summed E-state index contributed by atoms with van der Waals surface area (Å²) in [5.74, 6) is -0.617. The highest BCUT2D eigenvalue weighted by Gasteiger charge is 2.26. The fourth-order valence-corrected chi connectivity index (χ4v) is 5.10. The van der Waals surface area contributed by atoms with Crippen molar-refractivity contribution in [2.24, 2.45) is 0 Å². The lowest BCUT2D eigenvalue weighted by Gasteiger charge is -2.41. The van der Waals surface area contributed by atoms with Crippen molar-refractivity contribution >= 4 is 17.3 Å². The number of rotatable bonds is 6. The number of anilines is 3. The molecule has 4 heterocycles. The summed E-state index contributed by atoms with van der Waals surface area (Å²) in [6, 6.07) is 5.85. The summed E-state index contributed by atoms with van der Waals surface area (Å²) in [6.45, 7) is 8.11. The van der Waals surface area contributed by atoms with E-state index in [1.807, 2.05) is 19.9 Å². The lowest BCUT2D eigenvalue weighted by molar-refractivity contribution is 0.141. The van der Waals surface area contributed by atoms with Crippen LogP contribution in [0.2, 0.25) is 0 Å². The Labute approximate surface area is 205 Å². The van der Waals surface area contributed by atoms with E-state index in [9.17, 15) is 4.39 Å². The standard InChI is InChI=1S/C26H33F2N7/c1-18(2)35-17-19(15-30-35)25-23(28)16-29-26(32-25)31-20-6-7-24(22(27)14-20)34-12-8-21(9-13-34)33-10-4-3-5-11-33/h6-7,14-18,21H,3-5,8-13H2,1-2H3,(H,29,31,32). The predicted molar refractivity (Wildman–Crippen MR) is 134 cm³/mol. The molecule has 0 atom stereocenters. The Kier molecular flexibility index (Phi) is 6.95. The van der Waals surface area contributed by atoms with Crippen LogP contribution in [-0.4, -0.2) is 56.9 Å². The van der Waals surface area contributed by atoms with Crippen LogP contribution in [0.4, 0.5) is 26.1 Å². The molecule has 9 heteroatoms. The van der Waals surface area contributed by atoms with E-state index >= 15 is 4.39 Å². The fraction of sp³-hybridized carbons (Fsp3) is 0.500. The Morgan fingerprint density at radius 1 is 0.971 bits per heavy atom. The zero-order chi connectivity index (χ0) is 24.4. The van der Waals surface area contributed by atoms with Crippen molar-refractivity contribution in [2.75, 3.05) is 36.4 Å². The molecule has 2 aliphatic heterocycles. The molecular weight excluding hydrogens is 448 g/mol. The minimum atomic E-state index is -0.534.